The van der Waals surface area contributed by atoms with E-state index in [-0.39, 0.29) is 17.6 Å². The van der Waals surface area contributed by atoms with Crippen LogP contribution in [0, 0.1) is 0 Å². The number of hydrazine groups is 1. The number of aromatic nitrogens is 4. The first kappa shape index (κ1) is 20.0. The Morgan fingerprint density at radius 2 is 1.93 bits per heavy atom. The van der Waals surface area contributed by atoms with Crippen LogP contribution in [0.5, 0.6) is 0 Å². The monoisotopic (exact) mass is 460 g/mol. The maximum Gasteiger partial charge on any atom is 0.269 e. The number of thioether (sulfide) groups is 1. The maximum absolute atomic E-state index is 12.1. The zero-order chi connectivity index (χ0) is 19.9. The number of rotatable bonds is 6. The zero-order valence-electron chi connectivity index (χ0n) is 14.9. The lowest BCUT2D eigenvalue weighted by Gasteiger charge is -2.08. The van der Waals surface area contributed by atoms with Gasteiger partial charge in [-0.1, -0.05) is 27.7 Å². The largest absolute Gasteiger partial charge is 0.302 e. The number of halogens is 1. The van der Waals surface area contributed by atoms with E-state index in [4.69, 9.17) is 0 Å². The minimum atomic E-state index is -0.388. The quantitative estimate of drug-likeness (QED) is 0.433. The van der Waals surface area contributed by atoms with Gasteiger partial charge in [0.25, 0.3) is 5.91 Å². The van der Waals surface area contributed by atoms with Gasteiger partial charge in [-0.05, 0) is 43.3 Å². The van der Waals surface area contributed by atoms with Gasteiger partial charge < -0.3 is 4.57 Å². The first-order valence-corrected chi connectivity index (χ1v) is 10.2. The summed E-state index contributed by atoms with van der Waals surface area (Å²) in [5, 5.41) is 8.99. The third kappa shape index (κ3) is 4.96. The van der Waals surface area contributed by atoms with Crippen molar-refractivity contribution in [2.45, 2.75) is 18.6 Å². The molecule has 0 bridgehead atoms. The highest BCUT2D eigenvalue weighted by Gasteiger charge is 2.15. The van der Waals surface area contributed by atoms with E-state index in [1.54, 1.807) is 36.7 Å². The molecule has 2 aromatic heterocycles. The van der Waals surface area contributed by atoms with Crippen molar-refractivity contribution in [3.8, 4) is 11.4 Å². The van der Waals surface area contributed by atoms with E-state index in [0.29, 0.717) is 23.1 Å². The molecule has 144 valence electrons. The number of carbonyl (C=O) groups excluding carboxylic acids is 2. The fourth-order valence-corrected chi connectivity index (χ4v) is 3.42. The van der Waals surface area contributed by atoms with Crippen LogP contribution in [0.25, 0.3) is 11.4 Å². The average molecular weight is 461 g/mol. The lowest BCUT2D eigenvalue weighted by atomic mass is 10.2. The lowest BCUT2D eigenvalue weighted by molar-refractivity contribution is -0.119. The highest BCUT2D eigenvalue weighted by molar-refractivity contribution is 9.10. The summed E-state index contributed by atoms with van der Waals surface area (Å²) in [6, 6.07) is 10.6. The number of nitrogens with zero attached hydrogens (tertiary/aromatic N) is 4. The number of hydrogen-bond donors (Lipinski definition) is 2. The molecule has 2 heterocycles. The van der Waals surface area contributed by atoms with E-state index >= 15 is 0 Å². The molecule has 8 nitrogen and oxygen atoms in total. The Morgan fingerprint density at radius 1 is 1.14 bits per heavy atom. The maximum atomic E-state index is 12.1. The van der Waals surface area contributed by atoms with Crippen molar-refractivity contribution in [2.75, 3.05) is 5.75 Å². The van der Waals surface area contributed by atoms with Gasteiger partial charge in [0.2, 0.25) is 5.91 Å². The molecule has 28 heavy (non-hydrogen) atoms. The lowest BCUT2D eigenvalue weighted by Crippen LogP contribution is -2.42. The molecule has 0 radical (unpaired) electrons. The molecule has 0 aliphatic rings. The molecule has 0 fully saturated rings. The van der Waals surface area contributed by atoms with Crippen LogP contribution in [-0.2, 0) is 11.3 Å². The molecule has 3 rings (SSSR count). The Balaban J connectivity index is 1.55. The Labute approximate surface area is 174 Å². The first-order valence-electron chi connectivity index (χ1n) is 8.39. The van der Waals surface area contributed by atoms with Crippen LogP contribution in [0.4, 0.5) is 0 Å². The van der Waals surface area contributed by atoms with Gasteiger partial charge in [-0.2, -0.15) is 0 Å². The molecule has 3 aromatic rings. The summed E-state index contributed by atoms with van der Waals surface area (Å²) in [6.07, 6.45) is 3.41. The predicted octanol–water partition coefficient (Wildman–Crippen LogP) is 2.68. The summed E-state index contributed by atoms with van der Waals surface area (Å²) in [6.45, 7) is 2.63. The molecular weight excluding hydrogens is 444 g/mol. The Bertz CT molecular complexity index is 962. The molecule has 0 saturated heterocycles. The van der Waals surface area contributed by atoms with E-state index in [0.717, 1.165) is 10.0 Å². The standard InChI is InChI=1S/C18H17BrN6O2S/c1-2-25-16(13-4-3-9-20-10-13)22-24-18(25)28-11-15(26)21-23-17(27)12-5-7-14(19)8-6-12/h3-10H,2,11H2,1H3,(H,21,26)(H,23,27). The predicted molar refractivity (Wildman–Crippen MR) is 109 cm³/mol. The van der Waals surface area contributed by atoms with Gasteiger partial charge in [-0.3, -0.25) is 25.4 Å². The number of nitrogens with one attached hydrogen (secondary N) is 2. The molecular formula is C18H17BrN6O2S. The van der Waals surface area contributed by atoms with Gasteiger partial charge >= 0.3 is 0 Å². The van der Waals surface area contributed by atoms with Crippen LogP contribution in [-0.4, -0.2) is 37.3 Å². The van der Waals surface area contributed by atoms with Gasteiger partial charge in [-0.15, -0.1) is 10.2 Å². The second kappa shape index (κ2) is 9.47. The Kier molecular flexibility index (Phi) is 6.77. The number of pyridine rings is 1. The summed E-state index contributed by atoms with van der Waals surface area (Å²) in [5.41, 5.74) is 6.10. The minimum Gasteiger partial charge on any atom is -0.302 e. The molecule has 0 atom stereocenters. The van der Waals surface area contributed by atoms with Gasteiger partial charge in [0.05, 0.1) is 5.75 Å². The van der Waals surface area contributed by atoms with Crippen molar-refractivity contribution < 1.29 is 9.59 Å². The summed E-state index contributed by atoms with van der Waals surface area (Å²) in [7, 11) is 0. The minimum absolute atomic E-state index is 0.0891. The van der Waals surface area contributed by atoms with Gasteiger partial charge in [0.15, 0.2) is 11.0 Å². The number of amides is 2. The normalized spacial score (nSPS) is 10.5. The fourth-order valence-electron chi connectivity index (χ4n) is 2.36. The van der Waals surface area contributed by atoms with Crippen LogP contribution in [0.2, 0.25) is 0 Å². The van der Waals surface area contributed by atoms with Crippen LogP contribution in [0.1, 0.15) is 17.3 Å². The number of hydrogen-bond acceptors (Lipinski definition) is 6. The molecule has 1 aromatic carbocycles. The highest BCUT2D eigenvalue weighted by atomic mass is 79.9. The number of benzene rings is 1. The van der Waals surface area contributed by atoms with Gasteiger partial charge in [0, 0.05) is 34.5 Å². The first-order chi connectivity index (χ1) is 13.6. The Hall–Kier alpha value is -2.72. The average Bonchev–Trinajstić information content (AvgIpc) is 3.14. The topological polar surface area (TPSA) is 102 Å². The molecule has 2 amide bonds. The SMILES string of the molecule is CCn1c(SCC(=O)NNC(=O)c2ccc(Br)cc2)nnc1-c1cccnc1. The van der Waals surface area contributed by atoms with Crippen molar-refractivity contribution >= 4 is 39.5 Å². The molecule has 0 unspecified atom stereocenters. The summed E-state index contributed by atoms with van der Waals surface area (Å²) in [5.74, 6) is 0.0544. The summed E-state index contributed by atoms with van der Waals surface area (Å²) < 4.78 is 2.78. The van der Waals surface area contributed by atoms with Crippen LogP contribution >= 0.6 is 27.7 Å². The molecule has 2 N–H and O–H groups in total. The molecule has 0 saturated carbocycles. The van der Waals surface area contributed by atoms with E-state index in [1.165, 1.54) is 11.8 Å². The zero-order valence-corrected chi connectivity index (χ0v) is 17.3. The van der Waals surface area contributed by atoms with Crippen molar-refractivity contribution in [1.29, 1.82) is 0 Å². The molecule has 10 heteroatoms. The van der Waals surface area contributed by atoms with Crippen molar-refractivity contribution in [1.82, 2.24) is 30.6 Å². The van der Waals surface area contributed by atoms with E-state index in [1.807, 2.05) is 23.6 Å². The van der Waals surface area contributed by atoms with Gasteiger partial charge in [-0.25, -0.2) is 0 Å². The summed E-state index contributed by atoms with van der Waals surface area (Å²) in [4.78, 5) is 28.2. The van der Waals surface area contributed by atoms with Crippen LogP contribution in [0.3, 0.4) is 0 Å². The fraction of sp³-hybridized carbons (Fsp3) is 0.167. The van der Waals surface area contributed by atoms with Crippen molar-refractivity contribution in [3.05, 3.63) is 58.8 Å². The van der Waals surface area contributed by atoms with E-state index < -0.39 is 0 Å². The van der Waals surface area contributed by atoms with Crippen LogP contribution in [0.15, 0.2) is 58.4 Å². The van der Waals surface area contributed by atoms with Crippen LogP contribution < -0.4 is 10.9 Å². The summed E-state index contributed by atoms with van der Waals surface area (Å²) >= 11 is 4.55. The second-order valence-electron chi connectivity index (χ2n) is 5.59. The Morgan fingerprint density at radius 3 is 2.61 bits per heavy atom. The van der Waals surface area contributed by atoms with Gasteiger partial charge in [0.1, 0.15) is 0 Å². The smallest absolute Gasteiger partial charge is 0.269 e. The number of carbonyl (C=O) groups is 2. The van der Waals surface area contributed by atoms with Crippen molar-refractivity contribution in [3.63, 3.8) is 0 Å². The third-order valence-corrected chi connectivity index (χ3v) is 5.20. The third-order valence-electron chi connectivity index (χ3n) is 3.71. The molecule has 0 aliphatic heterocycles. The second-order valence-corrected chi connectivity index (χ2v) is 7.45. The molecule has 0 spiro atoms. The van der Waals surface area contributed by atoms with E-state index in [9.17, 15) is 9.59 Å². The highest BCUT2D eigenvalue weighted by Crippen LogP contribution is 2.23. The van der Waals surface area contributed by atoms with E-state index in [2.05, 4.69) is 42.0 Å². The molecule has 0 aliphatic carbocycles. The van der Waals surface area contributed by atoms with Crippen molar-refractivity contribution in [2.24, 2.45) is 0 Å².